The van der Waals surface area contributed by atoms with Gasteiger partial charge in [-0.15, -0.1) is 46.7 Å². The van der Waals surface area contributed by atoms with Crippen molar-refractivity contribution in [2.24, 2.45) is 10.9 Å². The van der Waals surface area contributed by atoms with Gasteiger partial charge in [0.2, 0.25) is 0 Å². The zero-order valence-corrected chi connectivity index (χ0v) is 20.9. The third kappa shape index (κ3) is 7.57. The molecule has 0 spiro atoms. The van der Waals surface area contributed by atoms with Crippen LogP contribution in [0.1, 0.15) is 40.4 Å². The lowest BCUT2D eigenvalue weighted by atomic mass is 9.97. The second-order valence-corrected chi connectivity index (χ2v) is 9.40. The number of hydrogen-bond donors (Lipinski definition) is 2. The molecule has 0 aromatic carbocycles. The second-order valence-electron chi connectivity index (χ2n) is 7.02. The van der Waals surface area contributed by atoms with E-state index in [-0.39, 0.29) is 24.0 Å². The van der Waals surface area contributed by atoms with Crippen molar-refractivity contribution >= 4 is 52.6 Å². The average molecular weight is 535 g/mol. The van der Waals surface area contributed by atoms with E-state index in [0.717, 1.165) is 48.7 Å². The van der Waals surface area contributed by atoms with Crippen molar-refractivity contribution < 1.29 is 0 Å². The number of likely N-dealkylation sites (tertiary alicyclic amines) is 1. The van der Waals surface area contributed by atoms with E-state index in [1.165, 1.54) is 23.4 Å². The van der Waals surface area contributed by atoms with E-state index in [4.69, 9.17) is 0 Å². The van der Waals surface area contributed by atoms with Crippen LogP contribution in [0.5, 0.6) is 0 Å². The van der Waals surface area contributed by atoms with Crippen LogP contribution in [0.15, 0.2) is 16.6 Å². The van der Waals surface area contributed by atoms with E-state index in [2.05, 4.69) is 56.6 Å². The monoisotopic (exact) mass is 534 g/mol. The average Bonchev–Trinajstić information content (AvgIpc) is 3.26. The van der Waals surface area contributed by atoms with Gasteiger partial charge >= 0.3 is 0 Å². The van der Waals surface area contributed by atoms with Crippen LogP contribution in [0, 0.1) is 19.8 Å². The first kappa shape index (κ1) is 23.5. The minimum absolute atomic E-state index is 0. The largest absolute Gasteiger partial charge is 0.357 e. The molecule has 9 heteroatoms. The summed E-state index contributed by atoms with van der Waals surface area (Å²) in [5.74, 6) is 1.59. The van der Waals surface area contributed by atoms with Crippen LogP contribution in [0.25, 0.3) is 0 Å². The van der Waals surface area contributed by atoms with E-state index < -0.39 is 0 Å². The zero-order chi connectivity index (χ0) is 19.1. The summed E-state index contributed by atoms with van der Waals surface area (Å²) in [5.41, 5.74) is 1.22. The molecule has 3 heterocycles. The molecule has 2 N–H and O–H groups in total. The quantitative estimate of drug-likeness (QED) is 0.322. The molecule has 1 fully saturated rings. The van der Waals surface area contributed by atoms with Crippen molar-refractivity contribution in [1.82, 2.24) is 25.5 Å². The lowest BCUT2D eigenvalue weighted by Crippen LogP contribution is -2.42. The van der Waals surface area contributed by atoms with Gasteiger partial charge in [0.25, 0.3) is 0 Å². The van der Waals surface area contributed by atoms with E-state index in [0.29, 0.717) is 12.5 Å². The first-order valence-corrected chi connectivity index (χ1v) is 11.4. The topological polar surface area (TPSA) is 65.4 Å². The van der Waals surface area contributed by atoms with Crippen molar-refractivity contribution in [2.75, 3.05) is 26.2 Å². The highest BCUT2D eigenvalue weighted by Gasteiger charge is 2.20. The van der Waals surface area contributed by atoms with Gasteiger partial charge in [0.1, 0.15) is 5.01 Å². The van der Waals surface area contributed by atoms with E-state index in [1.54, 1.807) is 22.7 Å². The van der Waals surface area contributed by atoms with Crippen LogP contribution in [0.3, 0.4) is 0 Å². The van der Waals surface area contributed by atoms with Gasteiger partial charge in [-0.2, -0.15) is 0 Å². The Morgan fingerprint density at radius 3 is 2.68 bits per heavy atom. The van der Waals surface area contributed by atoms with E-state index in [9.17, 15) is 0 Å². The van der Waals surface area contributed by atoms with Gasteiger partial charge in [0.15, 0.2) is 5.96 Å². The van der Waals surface area contributed by atoms with Crippen LogP contribution in [0.2, 0.25) is 0 Å². The highest BCUT2D eigenvalue weighted by Crippen LogP contribution is 2.19. The number of aryl methyl sites for hydroxylation is 2. The fourth-order valence-electron chi connectivity index (χ4n) is 3.26. The van der Waals surface area contributed by atoms with Gasteiger partial charge < -0.3 is 10.6 Å². The Kier molecular flexibility index (Phi) is 10.1. The Bertz CT molecular complexity index is 736. The highest BCUT2D eigenvalue weighted by atomic mass is 127. The Hall–Kier alpha value is -0.780. The molecule has 1 saturated heterocycles. The summed E-state index contributed by atoms with van der Waals surface area (Å²) >= 11 is 3.45. The summed E-state index contributed by atoms with van der Waals surface area (Å²) in [5, 5.41) is 11.3. The van der Waals surface area contributed by atoms with Crippen molar-refractivity contribution in [2.45, 2.75) is 46.7 Å². The molecule has 0 unspecified atom stereocenters. The summed E-state index contributed by atoms with van der Waals surface area (Å²) in [6, 6.07) is 0. The SMILES string of the molecule is CCNC(=NCc1ncc(C)s1)NCC1CCN(Cc2csc(C)n2)CC1.I. The molecule has 0 radical (unpaired) electrons. The number of aliphatic imine (C=N–C) groups is 1. The normalized spacial score (nSPS) is 16.0. The molecule has 3 rings (SSSR count). The molecule has 2 aromatic rings. The predicted octanol–water partition coefficient (Wildman–Crippen LogP) is 3.80. The number of rotatable bonds is 7. The van der Waals surface area contributed by atoms with Crippen LogP contribution in [-0.2, 0) is 13.1 Å². The maximum Gasteiger partial charge on any atom is 0.191 e. The molecular weight excluding hydrogens is 503 g/mol. The van der Waals surface area contributed by atoms with Gasteiger partial charge in [-0.05, 0) is 52.6 Å². The van der Waals surface area contributed by atoms with E-state index >= 15 is 0 Å². The Morgan fingerprint density at radius 2 is 2.07 bits per heavy atom. The molecule has 1 aliphatic rings. The molecule has 6 nitrogen and oxygen atoms in total. The van der Waals surface area contributed by atoms with Gasteiger partial charge in [-0.25, -0.2) is 15.0 Å². The smallest absolute Gasteiger partial charge is 0.191 e. The standard InChI is InChI=1S/C19H30N6S2.HI/c1-4-20-19(23-11-18-21-9-14(2)27-18)22-10-16-5-7-25(8-6-16)12-17-13-26-15(3)24-17;/h9,13,16H,4-8,10-12H2,1-3H3,(H2,20,22,23);1H. The molecule has 2 aromatic heterocycles. The number of guanidine groups is 1. The molecular formula is C19H31IN6S2. The van der Waals surface area contributed by atoms with Gasteiger partial charge in [-0.1, -0.05) is 0 Å². The lowest BCUT2D eigenvalue weighted by Gasteiger charge is -2.31. The van der Waals surface area contributed by atoms with Crippen LogP contribution >= 0.6 is 46.7 Å². The second kappa shape index (κ2) is 12.0. The minimum atomic E-state index is 0. The predicted molar refractivity (Wildman–Crippen MR) is 130 cm³/mol. The third-order valence-electron chi connectivity index (χ3n) is 4.70. The Labute approximate surface area is 193 Å². The third-order valence-corrected chi connectivity index (χ3v) is 6.42. The van der Waals surface area contributed by atoms with Crippen molar-refractivity contribution in [1.29, 1.82) is 0 Å². The fourth-order valence-corrected chi connectivity index (χ4v) is 4.58. The first-order chi connectivity index (χ1) is 13.1. The summed E-state index contributed by atoms with van der Waals surface area (Å²) in [7, 11) is 0. The first-order valence-electron chi connectivity index (χ1n) is 9.69. The maximum atomic E-state index is 4.68. The number of piperidine rings is 1. The highest BCUT2D eigenvalue weighted by molar-refractivity contribution is 14.0. The molecule has 0 aliphatic carbocycles. The van der Waals surface area contributed by atoms with E-state index in [1.807, 2.05) is 6.20 Å². The molecule has 1 aliphatic heterocycles. The van der Waals surface area contributed by atoms with Crippen molar-refractivity contribution in [3.8, 4) is 0 Å². The summed E-state index contributed by atoms with van der Waals surface area (Å²) < 4.78 is 0. The maximum absolute atomic E-state index is 4.68. The number of nitrogens with zero attached hydrogens (tertiary/aromatic N) is 4. The summed E-state index contributed by atoms with van der Waals surface area (Å²) in [6.07, 6.45) is 4.36. The minimum Gasteiger partial charge on any atom is -0.357 e. The zero-order valence-electron chi connectivity index (χ0n) is 16.9. The van der Waals surface area contributed by atoms with Gasteiger partial charge in [-0.3, -0.25) is 4.90 Å². The number of thiazole rings is 2. The lowest BCUT2D eigenvalue weighted by molar-refractivity contribution is 0.176. The fraction of sp³-hybridized carbons (Fsp3) is 0.632. The number of halogens is 1. The Morgan fingerprint density at radius 1 is 1.29 bits per heavy atom. The van der Waals surface area contributed by atoms with Crippen molar-refractivity contribution in [3.05, 3.63) is 32.2 Å². The van der Waals surface area contributed by atoms with Crippen LogP contribution in [-0.4, -0.2) is 47.0 Å². The Balaban J connectivity index is 0.00000280. The summed E-state index contributed by atoms with van der Waals surface area (Å²) in [4.78, 5) is 17.4. The number of aromatic nitrogens is 2. The molecule has 0 bridgehead atoms. The molecule has 28 heavy (non-hydrogen) atoms. The molecule has 0 atom stereocenters. The van der Waals surface area contributed by atoms with Crippen LogP contribution in [0.4, 0.5) is 0 Å². The summed E-state index contributed by atoms with van der Waals surface area (Å²) in [6.45, 7) is 12.0. The molecule has 0 amide bonds. The van der Waals surface area contributed by atoms with Crippen molar-refractivity contribution in [3.63, 3.8) is 0 Å². The molecule has 156 valence electrons. The molecule has 0 saturated carbocycles. The van der Waals surface area contributed by atoms with Gasteiger partial charge in [0, 0.05) is 36.1 Å². The number of nitrogens with one attached hydrogen (secondary N) is 2. The van der Waals surface area contributed by atoms with Gasteiger partial charge in [0.05, 0.1) is 17.2 Å². The number of hydrogen-bond acceptors (Lipinski definition) is 6. The van der Waals surface area contributed by atoms with Crippen LogP contribution < -0.4 is 10.6 Å².